The van der Waals surface area contributed by atoms with Crippen LogP contribution in [0.2, 0.25) is 0 Å². The highest BCUT2D eigenvalue weighted by molar-refractivity contribution is 5.86. The zero-order valence-corrected chi connectivity index (χ0v) is 20.5. The van der Waals surface area contributed by atoms with Gasteiger partial charge in [-0.05, 0) is 55.5 Å². The van der Waals surface area contributed by atoms with E-state index in [1.807, 2.05) is 30.5 Å². The van der Waals surface area contributed by atoms with E-state index in [1.165, 1.54) is 24.6 Å². The van der Waals surface area contributed by atoms with Crippen LogP contribution in [-0.4, -0.2) is 67.7 Å². The Morgan fingerprint density at radius 2 is 1.86 bits per heavy atom. The fraction of sp³-hybridized carbons (Fsp3) is 0.407. The number of nitrogens with zero attached hydrogens (tertiary/aromatic N) is 6. The molecule has 36 heavy (non-hydrogen) atoms. The van der Waals surface area contributed by atoms with Gasteiger partial charge in [0.15, 0.2) is 5.82 Å². The molecule has 1 aliphatic carbocycles. The van der Waals surface area contributed by atoms with E-state index in [4.69, 9.17) is 0 Å². The van der Waals surface area contributed by atoms with Gasteiger partial charge in [-0.2, -0.15) is 5.10 Å². The Morgan fingerprint density at radius 1 is 1.03 bits per heavy atom. The lowest BCUT2D eigenvalue weighted by molar-refractivity contribution is 0.132. The quantitative estimate of drug-likeness (QED) is 0.382. The second-order valence-corrected chi connectivity index (χ2v) is 9.86. The van der Waals surface area contributed by atoms with Gasteiger partial charge in [0, 0.05) is 55.6 Å². The van der Waals surface area contributed by atoms with Gasteiger partial charge in [0.1, 0.15) is 11.5 Å². The van der Waals surface area contributed by atoms with Crippen LogP contribution in [0, 0.1) is 11.7 Å². The number of fused-ring (bicyclic) bond motifs is 1. The first-order valence-corrected chi connectivity index (χ1v) is 12.8. The van der Waals surface area contributed by atoms with Crippen LogP contribution in [0.4, 0.5) is 16.2 Å². The lowest BCUT2D eigenvalue weighted by atomic mass is 10.1. The average Bonchev–Trinajstić information content (AvgIpc) is 3.65. The van der Waals surface area contributed by atoms with E-state index in [0.29, 0.717) is 17.3 Å². The monoisotopic (exact) mass is 486 g/mol. The number of likely N-dealkylation sites (N-methyl/N-ethyl adjacent to an activating group) is 1. The summed E-state index contributed by atoms with van der Waals surface area (Å²) in [6.45, 7) is 8.60. The van der Waals surface area contributed by atoms with E-state index >= 15 is 0 Å². The first kappa shape index (κ1) is 23.0. The molecule has 1 saturated carbocycles. The molecule has 1 saturated heterocycles. The molecule has 0 radical (unpaired) electrons. The van der Waals surface area contributed by atoms with Crippen molar-refractivity contribution in [3.05, 3.63) is 59.8 Å². The highest BCUT2D eigenvalue weighted by Gasteiger charge is 2.24. The largest absolute Gasteiger partial charge is 0.309 e. The third-order valence-corrected chi connectivity index (χ3v) is 7.22. The maximum absolute atomic E-state index is 14.8. The lowest BCUT2D eigenvalue weighted by Gasteiger charge is -2.33. The summed E-state index contributed by atoms with van der Waals surface area (Å²) >= 11 is 0. The van der Waals surface area contributed by atoms with E-state index in [0.717, 1.165) is 68.2 Å². The van der Waals surface area contributed by atoms with Crippen LogP contribution in [0.3, 0.4) is 0 Å². The summed E-state index contributed by atoms with van der Waals surface area (Å²) in [6.07, 6.45) is 6.60. The maximum Gasteiger partial charge on any atom is 0.229 e. The van der Waals surface area contributed by atoms with Gasteiger partial charge < -0.3 is 10.2 Å². The number of pyridine rings is 1. The van der Waals surface area contributed by atoms with Crippen LogP contribution < -0.4 is 5.32 Å². The third-order valence-electron chi connectivity index (χ3n) is 7.22. The Morgan fingerprint density at radius 3 is 2.61 bits per heavy atom. The van der Waals surface area contributed by atoms with Gasteiger partial charge in [0.05, 0.1) is 11.7 Å². The van der Waals surface area contributed by atoms with Crippen molar-refractivity contribution in [3.63, 3.8) is 0 Å². The van der Waals surface area contributed by atoms with E-state index in [2.05, 4.69) is 53.3 Å². The standard InChI is InChI=1S/C27H31FN8/c1-2-35-9-11-36(12-10-35)17-19-5-8-25(29-15-19)31-27-30-16-22(28)26(32-27)20-6-7-23-21(14-20)24(34-33-23)13-18-3-4-18/h5-8,14-16,18H,2-4,9-13,17H2,1H3,(H,33,34)(H,29,30,31,32). The van der Waals surface area contributed by atoms with Gasteiger partial charge in [-0.15, -0.1) is 0 Å². The molecule has 0 bridgehead atoms. The molecule has 1 aromatic carbocycles. The number of anilines is 2. The number of nitrogens with one attached hydrogen (secondary N) is 2. The molecule has 2 N–H and O–H groups in total. The van der Waals surface area contributed by atoms with Crippen molar-refractivity contribution >= 4 is 22.7 Å². The Labute approximate surface area is 210 Å². The van der Waals surface area contributed by atoms with Crippen LogP contribution in [0.5, 0.6) is 0 Å². The third kappa shape index (κ3) is 5.08. The summed E-state index contributed by atoms with van der Waals surface area (Å²) in [7, 11) is 0. The highest BCUT2D eigenvalue weighted by atomic mass is 19.1. The van der Waals surface area contributed by atoms with Crippen molar-refractivity contribution < 1.29 is 4.39 Å². The molecule has 8 nitrogen and oxygen atoms in total. The number of halogens is 1. The molecule has 6 rings (SSSR count). The predicted octanol–water partition coefficient (Wildman–Crippen LogP) is 4.39. The SMILES string of the molecule is CCN1CCN(Cc2ccc(Nc3ncc(F)c(-c4ccc5n[nH]c(CC6CC6)c5c4)n3)nc2)CC1. The first-order valence-electron chi connectivity index (χ1n) is 12.8. The Kier molecular flexibility index (Phi) is 6.33. The van der Waals surface area contributed by atoms with Crippen molar-refractivity contribution in [1.29, 1.82) is 0 Å². The topological polar surface area (TPSA) is 85.9 Å². The summed E-state index contributed by atoms with van der Waals surface area (Å²) in [6, 6.07) is 9.73. The number of piperazine rings is 1. The van der Waals surface area contributed by atoms with Gasteiger partial charge in [0.2, 0.25) is 5.95 Å². The molecule has 0 unspecified atom stereocenters. The zero-order chi connectivity index (χ0) is 24.5. The van der Waals surface area contributed by atoms with Crippen molar-refractivity contribution in [2.75, 3.05) is 38.0 Å². The highest BCUT2D eigenvalue weighted by Crippen LogP contribution is 2.35. The fourth-order valence-corrected chi connectivity index (χ4v) is 4.83. The molecule has 0 amide bonds. The van der Waals surface area contributed by atoms with Gasteiger partial charge in [-0.1, -0.05) is 19.1 Å². The maximum atomic E-state index is 14.8. The van der Waals surface area contributed by atoms with Crippen LogP contribution in [-0.2, 0) is 13.0 Å². The molecular formula is C27H31FN8. The van der Waals surface area contributed by atoms with E-state index in [-0.39, 0.29) is 5.69 Å². The number of H-pyrrole nitrogens is 1. The van der Waals surface area contributed by atoms with E-state index in [1.54, 1.807) is 0 Å². The molecule has 3 aromatic heterocycles. The number of aromatic amines is 1. The van der Waals surface area contributed by atoms with Crippen LogP contribution in [0.25, 0.3) is 22.2 Å². The number of benzene rings is 1. The molecule has 4 aromatic rings. The Balaban J connectivity index is 1.16. The van der Waals surface area contributed by atoms with Crippen molar-refractivity contribution in [3.8, 4) is 11.3 Å². The van der Waals surface area contributed by atoms with Gasteiger partial charge in [-0.3, -0.25) is 10.00 Å². The van der Waals surface area contributed by atoms with Gasteiger partial charge >= 0.3 is 0 Å². The number of hydrogen-bond donors (Lipinski definition) is 2. The number of aromatic nitrogens is 5. The molecule has 1 aliphatic heterocycles. The molecule has 0 atom stereocenters. The second-order valence-electron chi connectivity index (χ2n) is 9.86. The summed E-state index contributed by atoms with van der Waals surface area (Å²) in [5.41, 5.74) is 4.13. The minimum absolute atomic E-state index is 0.260. The Bertz CT molecular complexity index is 1340. The predicted molar refractivity (Wildman–Crippen MR) is 138 cm³/mol. The summed E-state index contributed by atoms with van der Waals surface area (Å²) in [4.78, 5) is 18.1. The molecule has 2 aliphatic rings. The van der Waals surface area contributed by atoms with Crippen LogP contribution in [0.15, 0.2) is 42.7 Å². The van der Waals surface area contributed by atoms with Gasteiger partial charge in [-0.25, -0.2) is 19.3 Å². The van der Waals surface area contributed by atoms with Crippen LogP contribution >= 0.6 is 0 Å². The van der Waals surface area contributed by atoms with E-state index in [9.17, 15) is 4.39 Å². The molecule has 4 heterocycles. The van der Waals surface area contributed by atoms with Crippen molar-refractivity contribution in [2.24, 2.45) is 5.92 Å². The van der Waals surface area contributed by atoms with Crippen molar-refractivity contribution in [2.45, 2.75) is 32.7 Å². The Hall–Kier alpha value is -3.43. The summed E-state index contributed by atoms with van der Waals surface area (Å²) < 4.78 is 14.8. The van der Waals surface area contributed by atoms with Gasteiger partial charge in [0.25, 0.3) is 0 Å². The lowest BCUT2D eigenvalue weighted by Crippen LogP contribution is -2.45. The molecule has 9 heteroatoms. The zero-order valence-electron chi connectivity index (χ0n) is 20.5. The fourth-order valence-electron chi connectivity index (χ4n) is 4.83. The summed E-state index contributed by atoms with van der Waals surface area (Å²) in [5.74, 6) is 1.21. The molecule has 186 valence electrons. The number of hydrogen-bond acceptors (Lipinski definition) is 7. The van der Waals surface area contributed by atoms with Crippen LogP contribution in [0.1, 0.15) is 31.0 Å². The normalized spacial score (nSPS) is 17.1. The smallest absolute Gasteiger partial charge is 0.229 e. The minimum atomic E-state index is -0.460. The van der Waals surface area contributed by atoms with Crippen molar-refractivity contribution in [1.82, 2.24) is 34.9 Å². The second kappa shape index (κ2) is 9.91. The minimum Gasteiger partial charge on any atom is -0.309 e. The van der Waals surface area contributed by atoms with E-state index < -0.39 is 5.82 Å². The average molecular weight is 487 g/mol. The molecule has 0 spiro atoms. The number of rotatable bonds is 8. The first-order chi connectivity index (χ1) is 17.6. The summed E-state index contributed by atoms with van der Waals surface area (Å²) in [5, 5.41) is 11.7. The molecular weight excluding hydrogens is 455 g/mol. The molecule has 2 fully saturated rings.